The lowest BCUT2D eigenvalue weighted by atomic mass is 10.00. The van der Waals surface area contributed by atoms with E-state index in [1.165, 1.54) is 12.8 Å². The molecule has 162 valence electrons. The van der Waals surface area contributed by atoms with E-state index >= 15 is 0 Å². The molecule has 5 rings (SSSR count). The molecule has 31 heavy (non-hydrogen) atoms. The normalized spacial score (nSPS) is 23.9. The van der Waals surface area contributed by atoms with Crippen LogP contribution in [0.1, 0.15) is 24.5 Å². The number of fused-ring (bicyclic) bond motifs is 1. The standard InChI is InChI=1S/C23H28N6O2/c30-22-20(19-8-7-17-5-1-2-6-18(17)25-19)21(24-9-12-28-10-3-4-11-28)26-23(27-22)29-13-15-31-16-14-29/h1-2,5-8,20H,3-4,9-16H2,(H,24,26,27,30). The first kappa shape index (κ1) is 20.1. The van der Waals surface area contributed by atoms with Crippen LogP contribution in [0.25, 0.3) is 10.9 Å². The van der Waals surface area contributed by atoms with Crippen LogP contribution in [0.3, 0.4) is 0 Å². The maximum absolute atomic E-state index is 13.2. The number of rotatable bonds is 4. The molecule has 2 saturated heterocycles. The van der Waals surface area contributed by atoms with Gasteiger partial charge in [-0.2, -0.15) is 4.99 Å². The average Bonchev–Trinajstić information content (AvgIpc) is 3.33. The number of benzene rings is 1. The van der Waals surface area contributed by atoms with Gasteiger partial charge in [0.2, 0.25) is 11.9 Å². The SMILES string of the molecule is O=C1NC(N2CCOCC2)=NC(=NCCN2CCCC2)C1c1ccc2ccccc2n1. The van der Waals surface area contributed by atoms with E-state index in [1.54, 1.807) is 0 Å². The lowest BCUT2D eigenvalue weighted by Crippen LogP contribution is -2.53. The van der Waals surface area contributed by atoms with Gasteiger partial charge >= 0.3 is 0 Å². The number of aromatic nitrogens is 1. The van der Waals surface area contributed by atoms with Gasteiger partial charge in [-0.1, -0.05) is 24.3 Å². The Kier molecular flexibility index (Phi) is 5.90. The van der Waals surface area contributed by atoms with Crippen LogP contribution in [0.15, 0.2) is 46.4 Å². The number of hydrogen-bond acceptors (Lipinski definition) is 6. The fourth-order valence-corrected chi connectivity index (χ4v) is 4.37. The quantitative estimate of drug-likeness (QED) is 0.813. The number of ether oxygens (including phenoxy) is 1. The van der Waals surface area contributed by atoms with Gasteiger partial charge in [-0.15, -0.1) is 0 Å². The summed E-state index contributed by atoms with van der Waals surface area (Å²) < 4.78 is 5.44. The number of nitrogens with zero attached hydrogens (tertiary/aromatic N) is 5. The summed E-state index contributed by atoms with van der Waals surface area (Å²) in [7, 11) is 0. The third-order valence-corrected chi connectivity index (χ3v) is 6.09. The molecule has 0 saturated carbocycles. The van der Waals surface area contributed by atoms with Crippen molar-refractivity contribution in [3.05, 3.63) is 42.1 Å². The summed E-state index contributed by atoms with van der Waals surface area (Å²) in [4.78, 5) is 32.1. The summed E-state index contributed by atoms with van der Waals surface area (Å²) in [6, 6.07) is 11.9. The first-order valence-corrected chi connectivity index (χ1v) is 11.1. The molecule has 4 heterocycles. The molecular formula is C23H28N6O2. The van der Waals surface area contributed by atoms with Gasteiger partial charge in [0.05, 0.1) is 31.0 Å². The van der Waals surface area contributed by atoms with Gasteiger partial charge in [0, 0.05) is 25.0 Å². The Balaban J connectivity index is 1.45. The van der Waals surface area contributed by atoms with Gasteiger partial charge in [0.25, 0.3) is 0 Å². The Morgan fingerprint density at radius 3 is 2.71 bits per heavy atom. The van der Waals surface area contributed by atoms with E-state index in [9.17, 15) is 4.79 Å². The number of amides is 1. The lowest BCUT2D eigenvalue weighted by molar-refractivity contribution is -0.120. The predicted molar refractivity (Wildman–Crippen MR) is 120 cm³/mol. The van der Waals surface area contributed by atoms with Crippen LogP contribution < -0.4 is 5.32 Å². The summed E-state index contributed by atoms with van der Waals surface area (Å²) in [6.45, 7) is 6.46. The van der Waals surface area contributed by atoms with E-state index < -0.39 is 5.92 Å². The molecule has 3 aliphatic rings. The number of pyridine rings is 1. The Labute approximate surface area is 182 Å². The number of guanidine groups is 1. The Morgan fingerprint density at radius 2 is 1.87 bits per heavy atom. The summed E-state index contributed by atoms with van der Waals surface area (Å²) in [5.74, 6) is 0.393. The molecule has 1 unspecified atom stereocenters. The zero-order chi connectivity index (χ0) is 21.0. The third kappa shape index (κ3) is 4.45. The Bertz CT molecular complexity index is 1010. The minimum atomic E-state index is -0.604. The van der Waals surface area contributed by atoms with E-state index in [4.69, 9.17) is 19.7 Å². The highest BCUT2D eigenvalue weighted by molar-refractivity contribution is 6.20. The van der Waals surface area contributed by atoms with Crippen molar-refractivity contribution >= 4 is 28.6 Å². The molecule has 1 N–H and O–H groups in total. The zero-order valence-corrected chi connectivity index (χ0v) is 17.7. The van der Waals surface area contributed by atoms with Crippen LogP contribution in [0.5, 0.6) is 0 Å². The fraction of sp³-hybridized carbons (Fsp3) is 0.478. The van der Waals surface area contributed by atoms with Gasteiger partial charge < -0.3 is 14.5 Å². The zero-order valence-electron chi connectivity index (χ0n) is 17.7. The molecule has 0 spiro atoms. The molecule has 2 fully saturated rings. The van der Waals surface area contributed by atoms with Gasteiger partial charge in [-0.25, -0.2) is 0 Å². The van der Waals surface area contributed by atoms with Crippen LogP contribution in [-0.2, 0) is 9.53 Å². The molecule has 0 bridgehead atoms. The van der Waals surface area contributed by atoms with Crippen molar-refractivity contribution in [2.24, 2.45) is 9.98 Å². The molecule has 2 aromatic rings. The van der Waals surface area contributed by atoms with Gasteiger partial charge in [-0.3, -0.25) is 20.1 Å². The summed E-state index contributed by atoms with van der Waals surface area (Å²) >= 11 is 0. The minimum Gasteiger partial charge on any atom is -0.378 e. The molecule has 1 atom stereocenters. The molecular weight excluding hydrogens is 392 g/mol. The molecule has 1 aromatic heterocycles. The second-order valence-electron chi connectivity index (χ2n) is 8.17. The number of morpholine rings is 1. The van der Waals surface area contributed by atoms with Gasteiger partial charge in [0.1, 0.15) is 11.8 Å². The van der Waals surface area contributed by atoms with E-state index in [2.05, 4.69) is 15.1 Å². The Hall–Kier alpha value is -2.84. The van der Waals surface area contributed by atoms with Crippen LogP contribution >= 0.6 is 0 Å². The van der Waals surface area contributed by atoms with Crippen LogP contribution in [0.2, 0.25) is 0 Å². The number of carbonyl (C=O) groups excluding carboxylic acids is 1. The molecule has 3 aliphatic heterocycles. The number of amidine groups is 1. The van der Waals surface area contributed by atoms with E-state index in [-0.39, 0.29) is 5.91 Å². The van der Waals surface area contributed by atoms with Crippen molar-refractivity contribution in [3.63, 3.8) is 0 Å². The van der Waals surface area contributed by atoms with Crippen molar-refractivity contribution in [1.82, 2.24) is 20.1 Å². The maximum atomic E-state index is 13.2. The van der Waals surface area contributed by atoms with Gasteiger partial charge in [0.15, 0.2) is 0 Å². The molecule has 1 aromatic carbocycles. The Morgan fingerprint density at radius 1 is 1.06 bits per heavy atom. The highest BCUT2D eigenvalue weighted by atomic mass is 16.5. The molecule has 8 nitrogen and oxygen atoms in total. The van der Waals surface area contributed by atoms with E-state index in [1.807, 2.05) is 36.4 Å². The molecule has 0 aliphatic carbocycles. The highest BCUT2D eigenvalue weighted by Crippen LogP contribution is 2.23. The highest BCUT2D eigenvalue weighted by Gasteiger charge is 2.35. The van der Waals surface area contributed by atoms with Crippen LogP contribution in [0.4, 0.5) is 0 Å². The van der Waals surface area contributed by atoms with E-state index in [0.29, 0.717) is 50.3 Å². The van der Waals surface area contributed by atoms with Crippen LogP contribution in [0, 0.1) is 0 Å². The van der Waals surface area contributed by atoms with Crippen LogP contribution in [-0.4, -0.2) is 85.0 Å². The van der Waals surface area contributed by atoms with E-state index in [0.717, 1.165) is 30.5 Å². The second kappa shape index (κ2) is 9.11. The van der Waals surface area contributed by atoms with Crippen molar-refractivity contribution < 1.29 is 9.53 Å². The fourth-order valence-electron chi connectivity index (χ4n) is 4.37. The summed E-state index contributed by atoms with van der Waals surface area (Å²) in [6.07, 6.45) is 2.50. The number of likely N-dealkylation sites (tertiary alicyclic amines) is 1. The number of para-hydroxylation sites is 1. The largest absolute Gasteiger partial charge is 0.378 e. The average molecular weight is 421 g/mol. The van der Waals surface area contributed by atoms with Crippen molar-refractivity contribution in [2.75, 3.05) is 52.5 Å². The van der Waals surface area contributed by atoms with Crippen molar-refractivity contribution in [3.8, 4) is 0 Å². The minimum absolute atomic E-state index is 0.126. The third-order valence-electron chi connectivity index (χ3n) is 6.09. The number of carbonyl (C=O) groups is 1. The topological polar surface area (TPSA) is 82.4 Å². The lowest BCUT2D eigenvalue weighted by Gasteiger charge is -2.33. The summed E-state index contributed by atoms with van der Waals surface area (Å²) in [5.41, 5.74) is 1.55. The second-order valence-corrected chi connectivity index (χ2v) is 8.17. The van der Waals surface area contributed by atoms with Crippen molar-refractivity contribution in [1.29, 1.82) is 0 Å². The predicted octanol–water partition coefficient (Wildman–Crippen LogP) is 1.63. The monoisotopic (exact) mass is 420 g/mol. The molecule has 0 radical (unpaired) electrons. The smallest absolute Gasteiger partial charge is 0.243 e. The first-order chi connectivity index (χ1) is 15.3. The van der Waals surface area contributed by atoms with Gasteiger partial charge in [-0.05, 0) is 38.1 Å². The number of hydrogen-bond donors (Lipinski definition) is 1. The summed E-state index contributed by atoms with van der Waals surface area (Å²) in [5, 5.41) is 4.04. The number of aliphatic imine (C=N–C) groups is 2. The number of nitrogens with one attached hydrogen (secondary N) is 1. The molecule has 1 amide bonds. The molecule has 8 heteroatoms. The maximum Gasteiger partial charge on any atom is 0.243 e. The first-order valence-electron chi connectivity index (χ1n) is 11.1. The van der Waals surface area contributed by atoms with Crippen molar-refractivity contribution in [2.45, 2.75) is 18.8 Å².